The molecule has 6 heteroatoms. The summed E-state index contributed by atoms with van der Waals surface area (Å²) in [5, 5.41) is 3.25. The van der Waals surface area contributed by atoms with Gasteiger partial charge < -0.3 is 14.8 Å². The van der Waals surface area contributed by atoms with Gasteiger partial charge in [-0.05, 0) is 24.5 Å². The van der Waals surface area contributed by atoms with Crippen LogP contribution in [-0.2, 0) is 11.2 Å². The van der Waals surface area contributed by atoms with Crippen LogP contribution in [0.1, 0.15) is 12.0 Å². The average Bonchev–Trinajstić information content (AvgIpc) is 2.37. The first-order chi connectivity index (χ1) is 9.06. The molecule has 1 aliphatic heterocycles. The maximum atomic E-state index is 11.9. The molecule has 0 unspecified atom stereocenters. The number of anilines is 1. The normalized spacial score (nSPS) is 14.7. The lowest BCUT2D eigenvalue weighted by atomic mass is 10.0. The second kappa shape index (κ2) is 6.14. The lowest BCUT2D eigenvalue weighted by Gasteiger charge is -2.21. The minimum Gasteiger partial charge on any atom is -0.489 e. The lowest BCUT2D eigenvalue weighted by molar-refractivity contribution is -0.175. The molecule has 1 heterocycles. The zero-order chi connectivity index (χ0) is 13.7. The van der Waals surface area contributed by atoms with Crippen molar-refractivity contribution in [2.24, 2.45) is 0 Å². The molecule has 1 aliphatic rings. The van der Waals surface area contributed by atoms with Crippen LogP contribution in [0.15, 0.2) is 18.2 Å². The number of benzene rings is 1. The molecule has 1 N–H and O–H groups in total. The van der Waals surface area contributed by atoms with Gasteiger partial charge in [-0.15, -0.1) is 0 Å². The number of para-hydroxylation sites is 1. The minimum atomic E-state index is -4.28. The zero-order valence-corrected chi connectivity index (χ0v) is 10.4. The molecule has 3 nitrogen and oxygen atoms in total. The number of ether oxygens (including phenoxy) is 2. The number of hydrogen-bond acceptors (Lipinski definition) is 3. The first-order valence-corrected chi connectivity index (χ1v) is 6.19. The Labute approximate surface area is 109 Å². The molecule has 106 valence electrons. The third kappa shape index (κ3) is 4.31. The van der Waals surface area contributed by atoms with Crippen molar-refractivity contribution in [3.8, 4) is 5.75 Å². The smallest absolute Gasteiger partial charge is 0.411 e. The Bertz CT molecular complexity index is 421. The number of nitrogens with one attached hydrogen (secondary N) is 1. The average molecular weight is 275 g/mol. The predicted molar refractivity (Wildman–Crippen MR) is 65.6 cm³/mol. The molecule has 0 aromatic heterocycles. The van der Waals surface area contributed by atoms with Gasteiger partial charge in [0.2, 0.25) is 0 Å². The Kier molecular flexibility index (Phi) is 4.52. The maximum absolute atomic E-state index is 11.9. The summed E-state index contributed by atoms with van der Waals surface area (Å²) < 4.78 is 45.5. The van der Waals surface area contributed by atoms with Gasteiger partial charge in [0.25, 0.3) is 0 Å². The molecule has 0 radical (unpaired) electrons. The van der Waals surface area contributed by atoms with Gasteiger partial charge in [-0.25, -0.2) is 0 Å². The van der Waals surface area contributed by atoms with E-state index in [0.717, 1.165) is 25.1 Å². The Morgan fingerprint density at radius 3 is 2.84 bits per heavy atom. The fourth-order valence-corrected chi connectivity index (χ4v) is 2.00. The highest BCUT2D eigenvalue weighted by atomic mass is 19.4. The quantitative estimate of drug-likeness (QED) is 0.838. The highest BCUT2D eigenvalue weighted by molar-refractivity contribution is 5.63. The fraction of sp³-hybridized carbons (Fsp3) is 0.538. The van der Waals surface area contributed by atoms with Crippen molar-refractivity contribution in [2.75, 3.05) is 31.7 Å². The van der Waals surface area contributed by atoms with E-state index in [1.54, 1.807) is 6.07 Å². The van der Waals surface area contributed by atoms with Crippen molar-refractivity contribution in [3.63, 3.8) is 0 Å². The first kappa shape index (κ1) is 14.0. The van der Waals surface area contributed by atoms with Crippen LogP contribution >= 0.6 is 0 Å². The molecule has 0 fully saturated rings. The molecule has 2 rings (SSSR count). The number of rotatable bonds is 5. The summed E-state index contributed by atoms with van der Waals surface area (Å²) in [5.74, 6) is 0.674. The number of halogens is 3. The maximum Gasteiger partial charge on any atom is 0.411 e. The van der Waals surface area contributed by atoms with E-state index in [2.05, 4.69) is 10.1 Å². The van der Waals surface area contributed by atoms with Crippen LogP contribution in [0.25, 0.3) is 0 Å². The van der Waals surface area contributed by atoms with E-state index in [4.69, 9.17) is 4.74 Å². The van der Waals surface area contributed by atoms with Crippen molar-refractivity contribution in [2.45, 2.75) is 19.0 Å². The largest absolute Gasteiger partial charge is 0.489 e. The van der Waals surface area contributed by atoms with Gasteiger partial charge in [0.1, 0.15) is 19.0 Å². The van der Waals surface area contributed by atoms with E-state index in [1.165, 1.54) is 5.56 Å². The van der Waals surface area contributed by atoms with Crippen molar-refractivity contribution in [1.82, 2.24) is 0 Å². The summed E-state index contributed by atoms with van der Waals surface area (Å²) in [6.45, 7) is -0.323. The predicted octanol–water partition coefficient (Wildman–Crippen LogP) is 3.00. The number of alkyl halides is 3. The van der Waals surface area contributed by atoms with E-state index in [1.807, 2.05) is 12.1 Å². The molecule has 0 saturated carbocycles. The molecule has 0 bridgehead atoms. The van der Waals surface area contributed by atoms with Crippen molar-refractivity contribution in [3.05, 3.63) is 23.8 Å². The molecule has 0 amide bonds. The van der Waals surface area contributed by atoms with Crippen LogP contribution in [0, 0.1) is 0 Å². The Balaban J connectivity index is 1.80. The lowest BCUT2D eigenvalue weighted by Crippen LogP contribution is -2.20. The summed E-state index contributed by atoms with van der Waals surface area (Å²) in [7, 11) is 0. The molecular formula is C13H16F3NO2. The monoisotopic (exact) mass is 275 g/mol. The number of fused-ring (bicyclic) bond motifs is 1. The number of aryl methyl sites for hydroxylation is 1. The molecule has 0 saturated heterocycles. The van der Waals surface area contributed by atoms with Gasteiger partial charge in [-0.1, -0.05) is 12.1 Å². The molecular weight excluding hydrogens is 259 g/mol. The highest BCUT2D eigenvalue weighted by Crippen LogP contribution is 2.31. The molecule has 0 atom stereocenters. The summed E-state index contributed by atoms with van der Waals surface area (Å²) in [6, 6.07) is 5.72. The second-order valence-electron chi connectivity index (χ2n) is 4.34. The van der Waals surface area contributed by atoms with Crippen LogP contribution in [0.2, 0.25) is 0 Å². The van der Waals surface area contributed by atoms with E-state index in [-0.39, 0.29) is 13.2 Å². The zero-order valence-electron chi connectivity index (χ0n) is 10.4. The van der Waals surface area contributed by atoms with Gasteiger partial charge >= 0.3 is 6.18 Å². The summed E-state index contributed by atoms with van der Waals surface area (Å²) >= 11 is 0. The van der Waals surface area contributed by atoms with Gasteiger partial charge in [0, 0.05) is 6.54 Å². The molecule has 1 aromatic rings. The Morgan fingerprint density at radius 1 is 1.21 bits per heavy atom. The number of hydrogen-bond donors (Lipinski definition) is 1. The van der Waals surface area contributed by atoms with E-state index in [9.17, 15) is 13.2 Å². The van der Waals surface area contributed by atoms with Crippen LogP contribution in [-0.4, -0.2) is 32.5 Å². The fourth-order valence-electron chi connectivity index (χ4n) is 2.00. The van der Waals surface area contributed by atoms with Gasteiger partial charge in [-0.2, -0.15) is 13.2 Å². The molecule has 0 aliphatic carbocycles. The highest BCUT2D eigenvalue weighted by Gasteiger charge is 2.27. The molecule has 1 aromatic carbocycles. The van der Waals surface area contributed by atoms with Crippen molar-refractivity contribution in [1.29, 1.82) is 0 Å². The van der Waals surface area contributed by atoms with Crippen molar-refractivity contribution < 1.29 is 22.6 Å². The van der Waals surface area contributed by atoms with Crippen LogP contribution in [0.3, 0.4) is 0 Å². The molecule has 0 spiro atoms. The summed E-state index contributed by atoms with van der Waals surface area (Å²) in [4.78, 5) is 0. The second-order valence-corrected chi connectivity index (χ2v) is 4.34. The third-order valence-electron chi connectivity index (χ3n) is 2.79. The van der Waals surface area contributed by atoms with Gasteiger partial charge in [-0.3, -0.25) is 0 Å². The summed E-state index contributed by atoms with van der Waals surface area (Å²) in [5.41, 5.74) is 2.13. The van der Waals surface area contributed by atoms with Crippen molar-refractivity contribution >= 4 is 5.69 Å². The first-order valence-electron chi connectivity index (χ1n) is 6.19. The van der Waals surface area contributed by atoms with E-state index < -0.39 is 12.8 Å². The Morgan fingerprint density at radius 2 is 2.05 bits per heavy atom. The molecule has 19 heavy (non-hydrogen) atoms. The topological polar surface area (TPSA) is 30.5 Å². The SMILES string of the molecule is FC(F)(F)COCCOc1cccc2c1NCCC2. The third-order valence-corrected chi connectivity index (χ3v) is 2.79. The van der Waals surface area contributed by atoms with Crippen LogP contribution in [0.5, 0.6) is 5.75 Å². The van der Waals surface area contributed by atoms with E-state index in [0.29, 0.717) is 5.75 Å². The van der Waals surface area contributed by atoms with Gasteiger partial charge in [0.05, 0.1) is 12.3 Å². The Hall–Kier alpha value is -1.43. The van der Waals surface area contributed by atoms with Crippen LogP contribution < -0.4 is 10.1 Å². The van der Waals surface area contributed by atoms with Crippen LogP contribution in [0.4, 0.5) is 18.9 Å². The summed E-state index contributed by atoms with van der Waals surface area (Å²) in [6.07, 6.45) is -2.22. The van der Waals surface area contributed by atoms with E-state index >= 15 is 0 Å². The van der Waals surface area contributed by atoms with Gasteiger partial charge in [0.15, 0.2) is 0 Å². The standard InChI is InChI=1S/C13H16F3NO2/c14-13(15,16)9-18-7-8-19-11-5-1-3-10-4-2-6-17-12(10)11/h1,3,5,17H,2,4,6-9H2. The minimum absolute atomic E-state index is 0.0802.